The lowest BCUT2D eigenvalue weighted by atomic mass is 10.0. The number of nitrogens with one attached hydrogen (secondary N) is 1. The summed E-state index contributed by atoms with van der Waals surface area (Å²) in [7, 11) is -2.64. The van der Waals surface area contributed by atoms with E-state index in [1.807, 2.05) is 42.5 Å². The number of nitrogens with two attached hydrogens (primary N) is 1. The molecule has 3 aromatic carbocycles. The van der Waals surface area contributed by atoms with E-state index >= 15 is 0 Å². The lowest BCUT2D eigenvalue weighted by molar-refractivity contribution is 0.102. The van der Waals surface area contributed by atoms with Crippen LogP contribution in [0.1, 0.15) is 10.4 Å². The number of benzene rings is 3. The monoisotopic (exact) mass is 382 g/mol. The number of carbonyl (C=O) groups excluding carboxylic acids is 1. The van der Waals surface area contributed by atoms with E-state index < -0.39 is 10.0 Å². The number of amides is 1. The molecule has 0 spiro atoms. The number of anilines is 1. The predicted octanol–water partition coefficient (Wildman–Crippen LogP) is 3.26. The Morgan fingerprint density at radius 3 is 2.15 bits per heavy atom. The first-order valence-electron chi connectivity index (χ1n) is 8.06. The van der Waals surface area contributed by atoms with Crippen molar-refractivity contribution in [3.63, 3.8) is 0 Å². The first-order valence-corrected chi connectivity index (χ1v) is 9.61. The molecule has 0 heterocycles. The zero-order valence-electron chi connectivity index (χ0n) is 14.5. The molecule has 0 saturated carbocycles. The normalized spacial score (nSPS) is 11.0. The average Bonchev–Trinajstić information content (AvgIpc) is 2.68. The minimum Gasteiger partial charge on any atom is -0.495 e. The molecule has 0 radical (unpaired) electrons. The number of rotatable bonds is 5. The van der Waals surface area contributed by atoms with Gasteiger partial charge in [-0.1, -0.05) is 42.5 Å². The van der Waals surface area contributed by atoms with E-state index in [-0.39, 0.29) is 16.6 Å². The van der Waals surface area contributed by atoms with E-state index in [2.05, 4.69) is 5.32 Å². The molecule has 27 heavy (non-hydrogen) atoms. The van der Waals surface area contributed by atoms with Gasteiger partial charge in [-0.3, -0.25) is 4.79 Å². The summed E-state index contributed by atoms with van der Waals surface area (Å²) in [4.78, 5) is 12.3. The van der Waals surface area contributed by atoms with E-state index in [9.17, 15) is 13.2 Å². The Hall–Kier alpha value is -3.16. The van der Waals surface area contributed by atoms with Crippen LogP contribution in [0.2, 0.25) is 0 Å². The Morgan fingerprint density at radius 1 is 0.926 bits per heavy atom. The number of methoxy groups -OCH3 is 1. The summed E-state index contributed by atoms with van der Waals surface area (Å²) in [6.07, 6.45) is 0. The van der Waals surface area contributed by atoms with Gasteiger partial charge in [0.25, 0.3) is 5.91 Å². The van der Waals surface area contributed by atoms with Crippen LogP contribution < -0.4 is 15.2 Å². The summed E-state index contributed by atoms with van der Waals surface area (Å²) >= 11 is 0. The summed E-state index contributed by atoms with van der Waals surface area (Å²) in [6, 6.07) is 21.2. The summed E-state index contributed by atoms with van der Waals surface area (Å²) in [5.74, 6) is -0.247. The molecule has 138 valence electrons. The van der Waals surface area contributed by atoms with Gasteiger partial charge < -0.3 is 10.1 Å². The van der Waals surface area contributed by atoms with Crippen molar-refractivity contribution >= 4 is 21.6 Å². The summed E-state index contributed by atoms with van der Waals surface area (Å²) in [6.45, 7) is 0. The van der Waals surface area contributed by atoms with Crippen molar-refractivity contribution in [2.24, 2.45) is 5.14 Å². The molecular formula is C20H18N2O4S. The molecule has 0 unspecified atom stereocenters. The highest BCUT2D eigenvalue weighted by Crippen LogP contribution is 2.26. The smallest absolute Gasteiger partial charge is 0.255 e. The van der Waals surface area contributed by atoms with Crippen LogP contribution in [0.15, 0.2) is 77.7 Å². The van der Waals surface area contributed by atoms with Crippen LogP contribution in [0.3, 0.4) is 0 Å². The molecule has 1 amide bonds. The Labute approximate surface area is 157 Å². The van der Waals surface area contributed by atoms with Crippen LogP contribution in [0, 0.1) is 0 Å². The Kier molecular flexibility index (Phi) is 5.25. The standard InChI is InChI=1S/C20H18N2O4S/c1-26-18-12-11-17(13-19(18)27(21,24)25)22-20(23)16-9-7-15(8-10-16)14-5-3-2-4-6-14/h2-13H,1H3,(H,22,23)(H2,21,24,25). The number of carbonyl (C=O) groups is 1. The zero-order valence-corrected chi connectivity index (χ0v) is 15.4. The Morgan fingerprint density at radius 2 is 1.56 bits per heavy atom. The third kappa shape index (κ3) is 4.33. The van der Waals surface area contributed by atoms with Gasteiger partial charge in [0.1, 0.15) is 10.6 Å². The second-order valence-corrected chi connectivity index (χ2v) is 7.34. The van der Waals surface area contributed by atoms with Gasteiger partial charge in [0.05, 0.1) is 7.11 Å². The third-order valence-electron chi connectivity index (χ3n) is 3.98. The van der Waals surface area contributed by atoms with E-state index in [1.165, 1.54) is 19.2 Å². The molecule has 6 nitrogen and oxygen atoms in total. The van der Waals surface area contributed by atoms with Gasteiger partial charge in [0, 0.05) is 11.3 Å². The average molecular weight is 382 g/mol. The third-order valence-corrected chi connectivity index (χ3v) is 4.91. The minimum atomic E-state index is -3.98. The lowest BCUT2D eigenvalue weighted by Crippen LogP contribution is -2.15. The quantitative estimate of drug-likeness (QED) is 0.707. The van der Waals surface area contributed by atoms with E-state index in [1.54, 1.807) is 18.2 Å². The van der Waals surface area contributed by atoms with Crippen molar-refractivity contribution in [3.8, 4) is 16.9 Å². The zero-order chi connectivity index (χ0) is 19.4. The molecule has 7 heteroatoms. The number of primary sulfonamides is 1. The van der Waals surface area contributed by atoms with Gasteiger partial charge >= 0.3 is 0 Å². The number of ether oxygens (including phenoxy) is 1. The van der Waals surface area contributed by atoms with Crippen LogP contribution in [0.25, 0.3) is 11.1 Å². The van der Waals surface area contributed by atoms with Gasteiger partial charge in [0.15, 0.2) is 0 Å². The van der Waals surface area contributed by atoms with Crippen LogP contribution in [-0.2, 0) is 10.0 Å². The molecule has 3 N–H and O–H groups in total. The Balaban J connectivity index is 1.81. The van der Waals surface area contributed by atoms with Crippen LogP contribution >= 0.6 is 0 Å². The molecule has 0 aliphatic heterocycles. The summed E-state index contributed by atoms with van der Waals surface area (Å²) in [5, 5.41) is 7.86. The topological polar surface area (TPSA) is 98.5 Å². The van der Waals surface area contributed by atoms with Gasteiger partial charge in [-0.15, -0.1) is 0 Å². The fraction of sp³-hybridized carbons (Fsp3) is 0.0500. The van der Waals surface area contributed by atoms with Crippen molar-refractivity contribution < 1.29 is 17.9 Å². The van der Waals surface area contributed by atoms with Crippen molar-refractivity contribution in [1.82, 2.24) is 0 Å². The number of hydrogen-bond acceptors (Lipinski definition) is 4. The fourth-order valence-corrected chi connectivity index (χ4v) is 3.35. The molecule has 0 aliphatic rings. The maximum atomic E-state index is 12.5. The molecular weight excluding hydrogens is 364 g/mol. The van der Waals surface area contributed by atoms with Gasteiger partial charge in [-0.2, -0.15) is 0 Å². The van der Waals surface area contributed by atoms with Crippen LogP contribution in [0.4, 0.5) is 5.69 Å². The van der Waals surface area contributed by atoms with E-state index in [0.29, 0.717) is 11.3 Å². The second kappa shape index (κ2) is 7.61. The minimum absolute atomic E-state index is 0.114. The largest absolute Gasteiger partial charge is 0.495 e. The van der Waals surface area contributed by atoms with Crippen molar-refractivity contribution in [2.45, 2.75) is 4.90 Å². The highest BCUT2D eigenvalue weighted by molar-refractivity contribution is 7.89. The molecule has 0 aliphatic carbocycles. The first kappa shape index (κ1) is 18.6. The molecule has 0 bridgehead atoms. The van der Waals surface area contributed by atoms with Crippen molar-refractivity contribution in [2.75, 3.05) is 12.4 Å². The molecule has 3 aromatic rings. The van der Waals surface area contributed by atoms with Crippen molar-refractivity contribution in [1.29, 1.82) is 0 Å². The Bertz CT molecular complexity index is 1060. The fourth-order valence-electron chi connectivity index (χ4n) is 2.62. The molecule has 3 rings (SSSR count). The highest BCUT2D eigenvalue weighted by atomic mass is 32.2. The molecule has 0 saturated heterocycles. The van der Waals surface area contributed by atoms with E-state index in [0.717, 1.165) is 11.1 Å². The number of sulfonamides is 1. The molecule has 0 aromatic heterocycles. The highest BCUT2D eigenvalue weighted by Gasteiger charge is 2.16. The van der Waals surface area contributed by atoms with E-state index in [4.69, 9.17) is 9.88 Å². The second-order valence-electron chi connectivity index (χ2n) is 5.81. The molecule has 0 atom stereocenters. The van der Waals surface area contributed by atoms with Crippen molar-refractivity contribution in [3.05, 3.63) is 78.4 Å². The maximum Gasteiger partial charge on any atom is 0.255 e. The molecule has 0 fully saturated rings. The first-order chi connectivity index (χ1) is 12.9. The van der Waals surface area contributed by atoms with Gasteiger partial charge in [-0.25, -0.2) is 13.6 Å². The summed E-state index contributed by atoms with van der Waals surface area (Å²) in [5.41, 5.74) is 2.80. The maximum absolute atomic E-state index is 12.5. The lowest BCUT2D eigenvalue weighted by Gasteiger charge is -2.10. The van der Waals surface area contributed by atoms with Gasteiger partial charge in [-0.05, 0) is 41.5 Å². The predicted molar refractivity (Wildman–Crippen MR) is 104 cm³/mol. The summed E-state index contributed by atoms with van der Waals surface area (Å²) < 4.78 is 28.4. The SMILES string of the molecule is COc1ccc(NC(=O)c2ccc(-c3ccccc3)cc2)cc1S(N)(=O)=O. The number of hydrogen-bond donors (Lipinski definition) is 2. The van der Waals surface area contributed by atoms with Crippen LogP contribution in [-0.4, -0.2) is 21.4 Å². The van der Waals surface area contributed by atoms with Crippen LogP contribution in [0.5, 0.6) is 5.75 Å². The van der Waals surface area contributed by atoms with Gasteiger partial charge in [0.2, 0.25) is 10.0 Å².